The van der Waals surface area contributed by atoms with E-state index in [1.807, 2.05) is 19.9 Å². The lowest BCUT2D eigenvalue weighted by atomic mass is 10.1. The maximum atomic E-state index is 14.6. The molecule has 0 aliphatic heterocycles. The van der Waals surface area contributed by atoms with E-state index in [1.165, 1.54) is 36.0 Å². The Hall–Kier alpha value is -3.20. The smallest absolute Gasteiger partial charge is 0.257 e. The van der Waals surface area contributed by atoms with Crippen molar-refractivity contribution in [2.24, 2.45) is 0 Å². The average Bonchev–Trinajstić information content (AvgIpc) is 2.98. The summed E-state index contributed by atoms with van der Waals surface area (Å²) in [5, 5.41) is 6.87. The predicted molar refractivity (Wildman–Crippen MR) is 111 cm³/mol. The lowest BCUT2D eigenvalue weighted by Crippen LogP contribution is -2.27. The summed E-state index contributed by atoms with van der Waals surface area (Å²) < 4.78 is 40.9. The van der Waals surface area contributed by atoms with Crippen molar-refractivity contribution in [2.45, 2.75) is 13.8 Å². The van der Waals surface area contributed by atoms with Gasteiger partial charge in [0.25, 0.3) is 5.91 Å². The molecule has 1 amide bonds. The van der Waals surface area contributed by atoms with Crippen molar-refractivity contribution < 1.29 is 17.6 Å². The number of hydrogen-bond donors (Lipinski definition) is 1. The third-order valence-corrected chi connectivity index (χ3v) is 5.62. The molecule has 0 fully saturated rings. The first-order valence-electron chi connectivity index (χ1n) is 8.75. The van der Waals surface area contributed by atoms with E-state index >= 15 is 0 Å². The zero-order chi connectivity index (χ0) is 21.3. The van der Waals surface area contributed by atoms with Gasteiger partial charge in [0.15, 0.2) is 5.82 Å². The molecule has 3 rings (SSSR count). The van der Waals surface area contributed by atoms with E-state index in [1.54, 1.807) is 18.2 Å². The zero-order valence-corrected chi connectivity index (χ0v) is 17.3. The third kappa shape index (κ3) is 4.29. The van der Waals surface area contributed by atoms with E-state index in [9.17, 15) is 17.6 Å². The minimum Gasteiger partial charge on any atom is -0.322 e. The lowest BCUT2D eigenvalue weighted by Gasteiger charge is -2.19. The molecule has 0 saturated carbocycles. The minimum atomic E-state index is -3.55. The number of hydrogen-bond acceptors (Lipinski definition) is 4. The second kappa shape index (κ2) is 7.67. The fraction of sp³-hybridized carbons (Fsp3) is 0.200. The molecule has 0 saturated heterocycles. The molecule has 0 atom stereocenters. The maximum Gasteiger partial charge on any atom is 0.257 e. The molecule has 9 heteroatoms. The van der Waals surface area contributed by atoms with Crippen molar-refractivity contribution >= 4 is 27.3 Å². The van der Waals surface area contributed by atoms with E-state index in [4.69, 9.17) is 0 Å². The summed E-state index contributed by atoms with van der Waals surface area (Å²) >= 11 is 0. The molecule has 0 unspecified atom stereocenters. The van der Waals surface area contributed by atoms with Crippen LogP contribution in [-0.4, -0.2) is 37.4 Å². The molecular weight excluding hydrogens is 395 g/mol. The Morgan fingerprint density at radius 3 is 2.41 bits per heavy atom. The van der Waals surface area contributed by atoms with Crippen molar-refractivity contribution in [2.75, 3.05) is 22.9 Å². The van der Waals surface area contributed by atoms with Gasteiger partial charge in [-0.1, -0.05) is 12.1 Å². The average molecular weight is 416 g/mol. The van der Waals surface area contributed by atoms with Crippen molar-refractivity contribution in [3.8, 4) is 5.69 Å². The molecular formula is C20H21FN4O3S. The number of carbonyl (C=O) groups is 1. The summed E-state index contributed by atoms with van der Waals surface area (Å²) in [6, 6.07) is 12.4. The number of aromatic nitrogens is 2. The van der Waals surface area contributed by atoms with E-state index in [2.05, 4.69) is 10.4 Å². The summed E-state index contributed by atoms with van der Waals surface area (Å²) in [6.45, 7) is 3.64. The second-order valence-corrected chi connectivity index (χ2v) is 8.72. The molecule has 0 aliphatic carbocycles. The molecule has 7 nitrogen and oxygen atoms in total. The molecule has 2 aromatic carbocycles. The van der Waals surface area contributed by atoms with Gasteiger partial charge in [0.05, 0.1) is 23.2 Å². The summed E-state index contributed by atoms with van der Waals surface area (Å²) in [7, 11) is -2.18. The summed E-state index contributed by atoms with van der Waals surface area (Å²) in [6.07, 6.45) is 1.05. The van der Waals surface area contributed by atoms with Crippen LogP contribution in [0.1, 0.15) is 21.7 Å². The monoisotopic (exact) mass is 416 g/mol. The van der Waals surface area contributed by atoms with E-state index < -0.39 is 21.7 Å². The highest BCUT2D eigenvalue weighted by Crippen LogP contribution is 2.24. The van der Waals surface area contributed by atoms with Crippen LogP contribution in [0.25, 0.3) is 5.69 Å². The number of halogens is 1. The van der Waals surface area contributed by atoms with Gasteiger partial charge in [-0.15, -0.1) is 0 Å². The number of aryl methyl sites for hydroxylation is 2. The van der Waals surface area contributed by atoms with Gasteiger partial charge in [-0.2, -0.15) is 5.10 Å². The summed E-state index contributed by atoms with van der Waals surface area (Å²) in [5.41, 5.74) is 2.46. The first-order valence-corrected chi connectivity index (χ1v) is 10.6. The van der Waals surface area contributed by atoms with Gasteiger partial charge in [-0.05, 0) is 50.2 Å². The van der Waals surface area contributed by atoms with Gasteiger partial charge < -0.3 is 5.32 Å². The van der Waals surface area contributed by atoms with E-state index in [0.717, 1.165) is 21.9 Å². The fourth-order valence-corrected chi connectivity index (χ4v) is 3.46. The van der Waals surface area contributed by atoms with E-state index in [0.29, 0.717) is 0 Å². The van der Waals surface area contributed by atoms with Crippen LogP contribution in [0, 0.1) is 19.7 Å². The Morgan fingerprint density at radius 1 is 1.14 bits per heavy atom. The molecule has 0 radical (unpaired) electrons. The fourth-order valence-electron chi connectivity index (χ4n) is 2.95. The number of anilines is 2. The van der Waals surface area contributed by atoms with Crippen LogP contribution in [0.2, 0.25) is 0 Å². The van der Waals surface area contributed by atoms with Crippen molar-refractivity contribution in [3.05, 3.63) is 71.3 Å². The minimum absolute atomic E-state index is 0.156. The Morgan fingerprint density at radius 2 is 1.83 bits per heavy atom. The molecule has 0 aliphatic rings. The molecule has 152 valence electrons. The Labute approximate surface area is 168 Å². The first kappa shape index (κ1) is 20.5. The predicted octanol–water partition coefficient (Wildman–Crippen LogP) is 3.28. The zero-order valence-electron chi connectivity index (χ0n) is 16.5. The molecule has 3 aromatic rings. The summed E-state index contributed by atoms with van der Waals surface area (Å²) in [5.74, 6) is -1.09. The van der Waals surface area contributed by atoms with Crippen LogP contribution in [0.5, 0.6) is 0 Å². The Balaban J connectivity index is 1.89. The van der Waals surface area contributed by atoms with Gasteiger partial charge in [0.2, 0.25) is 10.0 Å². The quantitative estimate of drug-likeness (QED) is 0.692. The highest BCUT2D eigenvalue weighted by atomic mass is 32.2. The Kier molecular flexibility index (Phi) is 5.43. The van der Waals surface area contributed by atoms with Crippen molar-refractivity contribution in [1.29, 1.82) is 0 Å². The van der Waals surface area contributed by atoms with Gasteiger partial charge in [-0.25, -0.2) is 17.5 Å². The largest absolute Gasteiger partial charge is 0.322 e. The third-order valence-electron chi connectivity index (χ3n) is 4.43. The number of sulfonamides is 1. The normalized spacial score (nSPS) is 11.3. The van der Waals surface area contributed by atoms with Crippen LogP contribution >= 0.6 is 0 Å². The second-order valence-electron chi connectivity index (χ2n) is 6.71. The van der Waals surface area contributed by atoms with Crippen molar-refractivity contribution in [1.82, 2.24) is 9.78 Å². The first-order chi connectivity index (χ1) is 13.6. The molecule has 1 aromatic heterocycles. The molecule has 29 heavy (non-hydrogen) atoms. The molecule has 0 bridgehead atoms. The maximum absolute atomic E-state index is 14.6. The van der Waals surface area contributed by atoms with Gasteiger partial charge in [-0.3, -0.25) is 9.10 Å². The summed E-state index contributed by atoms with van der Waals surface area (Å²) in [4.78, 5) is 12.7. The standard InChI is InChI=1S/C20H21FN4O3S/c1-13-11-14(2)25(23-13)19-10-9-15(12-17(19)21)22-20(26)16-7-5-6-8-18(16)24(3)29(4,27)28/h5-12H,1-4H3,(H,22,26). The van der Waals surface area contributed by atoms with E-state index in [-0.39, 0.29) is 22.6 Å². The number of para-hydroxylation sites is 1. The Bertz CT molecular complexity index is 1190. The SMILES string of the molecule is Cc1cc(C)n(-c2ccc(NC(=O)c3ccccc3N(C)S(C)(=O)=O)cc2F)n1. The van der Waals surface area contributed by atoms with Crippen molar-refractivity contribution in [3.63, 3.8) is 0 Å². The van der Waals surface area contributed by atoms with Crippen LogP contribution in [-0.2, 0) is 10.0 Å². The van der Waals surface area contributed by atoms with Crippen LogP contribution in [0.15, 0.2) is 48.5 Å². The molecule has 1 heterocycles. The number of nitrogens with one attached hydrogen (secondary N) is 1. The molecule has 1 N–H and O–H groups in total. The number of amides is 1. The van der Waals surface area contributed by atoms with Crippen LogP contribution in [0.4, 0.5) is 15.8 Å². The number of rotatable bonds is 5. The van der Waals surface area contributed by atoms with Crippen LogP contribution < -0.4 is 9.62 Å². The highest BCUT2D eigenvalue weighted by molar-refractivity contribution is 7.92. The van der Waals surface area contributed by atoms with Crippen LogP contribution in [0.3, 0.4) is 0 Å². The molecule has 0 spiro atoms. The topological polar surface area (TPSA) is 84.3 Å². The van der Waals surface area contributed by atoms with Gasteiger partial charge in [0.1, 0.15) is 5.69 Å². The number of carbonyl (C=O) groups excluding carboxylic acids is 1. The lowest BCUT2D eigenvalue weighted by molar-refractivity contribution is 0.102. The van der Waals surface area contributed by atoms with Gasteiger partial charge >= 0.3 is 0 Å². The number of benzene rings is 2. The number of nitrogens with zero attached hydrogens (tertiary/aromatic N) is 3. The highest BCUT2D eigenvalue weighted by Gasteiger charge is 2.20. The van der Waals surface area contributed by atoms with Gasteiger partial charge in [0, 0.05) is 18.4 Å².